The standard InChI is InChI=1S/C16H22F2N2O2/c1-11-9-20(10-12(2)19-11)16(21)4-3-7-22-15-6-5-13(17)8-14(15)18/h5-6,8,11-12,19H,3-4,7,9-10H2,1-2H3/t11-,12-/m1/s1. The Hall–Kier alpha value is -1.69. The average Bonchev–Trinajstić information content (AvgIpc) is 2.44. The number of halogens is 2. The smallest absolute Gasteiger partial charge is 0.222 e. The number of nitrogens with zero attached hydrogens (tertiary/aromatic N) is 1. The van der Waals surface area contributed by atoms with Crippen LogP contribution in [0.4, 0.5) is 8.78 Å². The highest BCUT2D eigenvalue weighted by Gasteiger charge is 2.24. The van der Waals surface area contributed by atoms with Gasteiger partial charge in [0.2, 0.25) is 5.91 Å². The topological polar surface area (TPSA) is 41.6 Å². The van der Waals surface area contributed by atoms with E-state index in [0.29, 0.717) is 25.9 Å². The third kappa shape index (κ3) is 4.66. The van der Waals surface area contributed by atoms with Gasteiger partial charge in [-0.2, -0.15) is 0 Å². The molecule has 0 unspecified atom stereocenters. The van der Waals surface area contributed by atoms with Crippen molar-refractivity contribution in [1.82, 2.24) is 10.2 Å². The average molecular weight is 312 g/mol. The summed E-state index contributed by atoms with van der Waals surface area (Å²) in [5, 5.41) is 3.37. The van der Waals surface area contributed by atoms with E-state index in [4.69, 9.17) is 4.74 Å². The first kappa shape index (κ1) is 16.7. The molecule has 0 aliphatic carbocycles. The SMILES string of the molecule is C[C@@H]1CN(C(=O)CCCOc2ccc(F)cc2F)C[C@@H](C)N1. The van der Waals surface area contributed by atoms with Crippen molar-refractivity contribution in [2.45, 2.75) is 38.8 Å². The Labute approximate surface area is 129 Å². The summed E-state index contributed by atoms with van der Waals surface area (Å²) in [4.78, 5) is 14.0. The number of nitrogens with one attached hydrogen (secondary N) is 1. The van der Waals surface area contributed by atoms with Crippen LogP contribution in [0.25, 0.3) is 0 Å². The lowest BCUT2D eigenvalue weighted by atomic mass is 10.1. The summed E-state index contributed by atoms with van der Waals surface area (Å²) in [5.41, 5.74) is 0. The van der Waals surface area contributed by atoms with Crippen LogP contribution in [0.5, 0.6) is 5.75 Å². The molecule has 1 aromatic rings. The van der Waals surface area contributed by atoms with E-state index in [2.05, 4.69) is 19.2 Å². The van der Waals surface area contributed by atoms with Gasteiger partial charge in [-0.15, -0.1) is 0 Å². The number of amides is 1. The Bertz CT molecular complexity index is 515. The molecule has 1 aliphatic heterocycles. The zero-order chi connectivity index (χ0) is 16.1. The summed E-state index contributed by atoms with van der Waals surface area (Å²) in [6.45, 7) is 5.74. The molecule has 0 aromatic heterocycles. The molecule has 1 fully saturated rings. The Morgan fingerprint density at radius 3 is 2.64 bits per heavy atom. The van der Waals surface area contributed by atoms with E-state index >= 15 is 0 Å². The second kappa shape index (κ2) is 7.54. The molecule has 1 amide bonds. The zero-order valence-corrected chi connectivity index (χ0v) is 12.9. The van der Waals surface area contributed by atoms with Crippen LogP contribution in [0.2, 0.25) is 0 Å². The number of piperazine rings is 1. The summed E-state index contributed by atoms with van der Waals surface area (Å²) in [6.07, 6.45) is 0.866. The van der Waals surface area contributed by atoms with Gasteiger partial charge in [0.15, 0.2) is 11.6 Å². The molecule has 1 heterocycles. The van der Waals surface area contributed by atoms with E-state index in [1.165, 1.54) is 6.07 Å². The van der Waals surface area contributed by atoms with Crippen LogP contribution in [0.3, 0.4) is 0 Å². The molecule has 1 N–H and O–H groups in total. The summed E-state index contributed by atoms with van der Waals surface area (Å²) in [5.74, 6) is -1.26. The summed E-state index contributed by atoms with van der Waals surface area (Å²) in [6, 6.07) is 3.76. The van der Waals surface area contributed by atoms with Gasteiger partial charge in [-0.3, -0.25) is 4.79 Å². The normalized spacial score (nSPS) is 21.7. The molecule has 1 aromatic carbocycles. The van der Waals surface area contributed by atoms with E-state index in [9.17, 15) is 13.6 Å². The molecule has 1 aliphatic rings. The fourth-order valence-corrected chi connectivity index (χ4v) is 2.69. The van der Waals surface area contributed by atoms with E-state index in [1.807, 2.05) is 4.90 Å². The largest absolute Gasteiger partial charge is 0.491 e. The fraction of sp³-hybridized carbons (Fsp3) is 0.562. The molecule has 4 nitrogen and oxygen atoms in total. The predicted molar refractivity (Wildman–Crippen MR) is 79.7 cm³/mol. The summed E-state index contributed by atoms with van der Waals surface area (Å²) >= 11 is 0. The number of rotatable bonds is 5. The van der Waals surface area contributed by atoms with Gasteiger partial charge in [0, 0.05) is 37.7 Å². The van der Waals surface area contributed by atoms with Crippen molar-refractivity contribution < 1.29 is 18.3 Å². The molecule has 0 radical (unpaired) electrons. The molecule has 122 valence electrons. The van der Waals surface area contributed by atoms with Crippen LogP contribution in [0.15, 0.2) is 18.2 Å². The minimum atomic E-state index is -0.726. The highest BCUT2D eigenvalue weighted by molar-refractivity contribution is 5.76. The third-order valence-corrected chi connectivity index (χ3v) is 3.60. The van der Waals surface area contributed by atoms with Crippen molar-refractivity contribution in [2.24, 2.45) is 0 Å². The predicted octanol–water partition coefficient (Wildman–Crippen LogP) is 2.33. The van der Waals surface area contributed by atoms with Crippen molar-refractivity contribution >= 4 is 5.91 Å². The molecule has 1 saturated heterocycles. The van der Waals surface area contributed by atoms with Crippen LogP contribution in [0, 0.1) is 11.6 Å². The molecule has 0 spiro atoms. The fourth-order valence-electron chi connectivity index (χ4n) is 2.69. The Morgan fingerprint density at radius 2 is 2.00 bits per heavy atom. The maximum absolute atomic E-state index is 13.4. The van der Waals surface area contributed by atoms with Gasteiger partial charge in [-0.1, -0.05) is 0 Å². The van der Waals surface area contributed by atoms with E-state index in [0.717, 1.165) is 12.1 Å². The lowest BCUT2D eigenvalue weighted by Gasteiger charge is -2.36. The molecule has 2 atom stereocenters. The highest BCUT2D eigenvalue weighted by atomic mass is 19.1. The van der Waals surface area contributed by atoms with E-state index in [1.54, 1.807) is 0 Å². The van der Waals surface area contributed by atoms with Crippen molar-refractivity contribution in [1.29, 1.82) is 0 Å². The molecule has 6 heteroatoms. The number of ether oxygens (including phenoxy) is 1. The minimum absolute atomic E-state index is 0.0123. The van der Waals surface area contributed by atoms with Gasteiger partial charge in [0.05, 0.1) is 6.61 Å². The Balaban J connectivity index is 1.73. The van der Waals surface area contributed by atoms with Crippen LogP contribution < -0.4 is 10.1 Å². The number of carbonyl (C=O) groups is 1. The van der Waals surface area contributed by atoms with Gasteiger partial charge in [-0.25, -0.2) is 8.78 Å². The van der Waals surface area contributed by atoms with Gasteiger partial charge < -0.3 is 15.0 Å². The second-order valence-corrected chi connectivity index (χ2v) is 5.79. The van der Waals surface area contributed by atoms with Crippen LogP contribution in [-0.4, -0.2) is 42.6 Å². The lowest BCUT2D eigenvalue weighted by molar-refractivity contribution is -0.133. The molecule has 0 bridgehead atoms. The Kier molecular flexibility index (Phi) is 5.71. The van der Waals surface area contributed by atoms with Gasteiger partial charge >= 0.3 is 0 Å². The van der Waals surface area contributed by atoms with Crippen LogP contribution >= 0.6 is 0 Å². The summed E-state index contributed by atoms with van der Waals surface area (Å²) in [7, 11) is 0. The maximum Gasteiger partial charge on any atom is 0.222 e. The van der Waals surface area contributed by atoms with Crippen molar-refractivity contribution in [3.63, 3.8) is 0 Å². The van der Waals surface area contributed by atoms with Gasteiger partial charge in [-0.05, 0) is 32.4 Å². The number of hydrogen-bond acceptors (Lipinski definition) is 3. The van der Waals surface area contributed by atoms with Crippen molar-refractivity contribution in [2.75, 3.05) is 19.7 Å². The first-order valence-electron chi connectivity index (χ1n) is 7.57. The van der Waals surface area contributed by atoms with Gasteiger partial charge in [0.1, 0.15) is 5.82 Å². The maximum atomic E-state index is 13.4. The van der Waals surface area contributed by atoms with Crippen molar-refractivity contribution in [3.05, 3.63) is 29.8 Å². The number of carbonyl (C=O) groups excluding carboxylic acids is 1. The van der Waals surface area contributed by atoms with Gasteiger partial charge in [0.25, 0.3) is 0 Å². The van der Waals surface area contributed by atoms with Crippen LogP contribution in [-0.2, 0) is 4.79 Å². The van der Waals surface area contributed by atoms with Crippen LogP contribution in [0.1, 0.15) is 26.7 Å². The monoisotopic (exact) mass is 312 g/mol. The first-order valence-corrected chi connectivity index (χ1v) is 7.57. The van der Waals surface area contributed by atoms with Crippen molar-refractivity contribution in [3.8, 4) is 5.75 Å². The highest BCUT2D eigenvalue weighted by Crippen LogP contribution is 2.18. The molecule has 22 heavy (non-hydrogen) atoms. The minimum Gasteiger partial charge on any atom is -0.491 e. The first-order chi connectivity index (χ1) is 10.5. The molecular weight excluding hydrogens is 290 g/mol. The number of hydrogen-bond donors (Lipinski definition) is 1. The molecule has 2 rings (SSSR count). The lowest BCUT2D eigenvalue weighted by Crippen LogP contribution is -2.55. The molecular formula is C16H22F2N2O2. The summed E-state index contributed by atoms with van der Waals surface area (Å²) < 4.78 is 31.4. The third-order valence-electron chi connectivity index (χ3n) is 3.60. The molecule has 0 saturated carbocycles. The number of benzene rings is 1. The zero-order valence-electron chi connectivity index (χ0n) is 12.9. The second-order valence-electron chi connectivity index (χ2n) is 5.79. The Morgan fingerprint density at radius 1 is 1.32 bits per heavy atom. The van der Waals surface area contributed by atoms with E-state index in [-0.39, 0.29) is 30.3 Å². The quantitative estimate of drug-likeness (QED) is 0.849. The van der Waals surface area contributed by atoms with E-state index < -0.39 is 11.6 Å².